The molecule has 3 aliphatic rings. The van der Waals surface area contributed by atoms with Gasteiger partial charge in [-0.25, -0.2) is 9.78 Å². The molecule has 3 aromatic rings. The number of imidazole rings is 1. The molecule has 3 heterocycles. The number of carbonyl (C=O) groups is 1. The molecule has 1 aliphatic heterocycles. The van der Waals surface area contributed by atoms with Crippen molar-refractivity contribution in [3.05, 3.63) is 30.6 Å². The van der Waals surface area contributed by atoms with Gasteiger partial charge < -0.3 is 30.5 Å². The second-order valence-electron chi connectivity index (χ2n) is 11.7. The molecule has 3 fully saturated rings. The molecule has 2 aromatic heterocycles. The topological polar surface area (TPSA) is 144 Å². The van der Waals surface area contributed by atoms with Crippen LogP contribution in [0.15, 0.2) is 30.6 Å². The van der Waals surface area contributed by atoms with E-state index in [9.17, 15) is 4.79 Å². The molecule has 2 saturated carbocycles. The second kappa shape index (κ2) is 15.8. The summed E-state index contributed by atoms with van der Waals surface area (Å²) in [6.07, 6.45) is 11.9. The Morgan fingerprint density at radius 3 is 2.30 bits per heavy atom. The predicted octanol–water partition coefficient (Wildman–Crippen LogP) is 5.91. The summed E-state index contributed by atoms with van der Waals surface area (Å²) < 4.78 is 7.70. The van der Waals surface area contributed by atoms with Crippen LogP contribution in [0.4, 0.5) is 22.2 Å². The lowest BCUT2D eigenvalue weighted by atomic mass is 9.92. The van der Waals surface area contributed by atoms with E-state index in [4.69, 9.17) is 30.3 Å². The molecular formula is C30H45Cl2N9O3. The van der Waals surface area contributed by atoms with E-state index in [0.717, 1.165) is 74.1 Å². The van der Waals surface area contributed by atoms with Crippen molar-refractivity contribution < 1.29 is 14.4 Å². The van der Waals surface area contributed by atoms with E-state index in [0.29, 0.717) is 49.5 Å². The Labute approximate surface area is 271 Å². The maximum absolute atomic E-state index is 12.5. The van der Waals surface area contributed by atoms with Gasteiger partial charge in [-0.3, -0.25) is 5.32 Å². The van der Waals surface area contributed by atoms with Gasteiger partial charge in [-0.15, -0.1) is 29.9 Å². The van der Waals surface area contributed by atoms with E-state index in [1.807, 2.05) is 25.4 Å². The molecular weight excluding hydrogens is 605 g/mol. The van der Waals surface area contributed by atoms with Crippen LogP contribution in [-0.4, -0.2) is 68.5 Å². The van der Waals surface area contributed by atoms with Gasteiger partial charge in [-0.2, -0.15) is 9.97 Å². The summed E-state index contributed by atoms with van der Waals surface area (Å²) in [4.78, 5) is 32.7. The highest BCUT2D eigenvalue weighted by molar-refractivity contribution is 5.86. The summed E-state index contributed by atoms with van der Waals surface area (Å²) >= 11 is 0. The number of nitrogens with one attached hydrogen (secondary N) is 3. The average molecular weight is 651 g/mol. The van der Waals surface area contributed by atoms with Crippen LogP contribution >= 0.6 is 24.8 Å². The minimum atomic E-state index is -0.500. The number of rotatable bonds is 9. The normalized spacial score (nSPS) is 21.2. The lowest BCUT2D eigenvalue weighted by Gasteiger charge is -2.31. The Morgan fingerprint density at radius 2 is 1.61 bits per heavy atom. The maximum Gasteiger partial charge on any atom is 0.430 e. The van der Waals surface area contributed by atoms with Crippen molar-refractivity contribution in [2.24, 2.45) is 5.73 Å². The molecule has 0 atom stereocenters. The molecule has 0 bridgehead atoms. The molecule has 2 aliphatic carbocycles. The van der Waals surface area contributed by atoms with E-state index < -0.39 is 6.09 Å². The van der Waals surface area contributed by atoms with Crippen LogP contribution < -0.4 is 26.4 Å². The number of fused-ring (bicyclic) bond motifs is 1. The SMILES string of the molecule is CCOc1ccc(NC(=O)ON2CCC(Nc3nc(N[C@H]4CC[C@H](N)CC4)nc4c3ncn4C3CCCC3)CC2)cc1.Cl.Cl. The van der Waals surface area contributed by atoms with Gasteiger partial charge in [0.1, 0.15) is 5.75 Å². The minimum Gasteiger partial charge on any atom is -0.494 e. The zero-order valence-electron chi connectivity index (χ0n) is 25.2. The Kier molecular flexibility index (Phi) is 12.1. The highest BCUT2D eigenvalue weighted by Gasteiger charge is 2.27. The second-order valence-corrected chi connectivity index (χ2v) is 11.7. The number of benzene rings is 1. The minimum absolute atomic E-state index is 0. The van der Waals surface area contributed by atoms with Gasteiger partial charge in [0.25, 0.3) is 0 Å². The largest absolute Gasteiger partial charge is 0.494 e. The van der Waals surface area contributed by atoms with Gasteiger partial charge >= 0.3 is 6.09 Å². The number of halogens is 2. The van der Waals surface area contributed by atoms with E-state index >= 15 is 0 Å². The number of piperidine rings is 1. The quantitative estimate of drug-likeness (QED) is 0.221. The van der Waals surface area contributed by atoms with Crippen molar-refractivity contribution in [1.29, 1.82) is 0 Å². The van der Waals surface area contributed by atoms with Crippen molar-refractivity contribution in [3.8, 4) is 5.75 Å². The third-order valence-electron chi connectivity index (χ3n) is 8.66. The molecule has 242 valence electrons. The number of aromatic nitrogens is 4. The summed E-state index contributed by atoms with van der Waals surface area (Å²) in [5, 5.41) is 11.8. The summed E-state index contributed by atoms with van der Waals surface area (Å²) in [6.45, 7) is 3.77. The number of hydrogen-bond donors (Lipinski definition) is 4. The van der Waals surface area contributed by atoms with E-state index in [2.05, 4.69) is 20.5 Å². The first-order valence-corrected chi connectivity index (χ1v) is 15.5. The van der Waals surface area contributed by atoms with Crippen LogP contribution in [0, 0.1) is 0 Å². The van der Waals surface area contributed by atoms with Gasteiger partial charge in [-0.1, -0.05) is 12.8 Å². The third kappa shape index (κ3) is 8.35. The average Bonchev–Trinajstić information content (AvgIpc) is 3.67. The number of carbonyl (C=O) groups excluding carboxylic acids is 1. The molecule has 0 unspecified atom stereocenters. The van der Waals surface area contributed by atoms with E-state index in [1.54, 1.807) is 17.2 Å². The molecule has 0 spiro atoms. The Hall–Kier alpha value is -3.06. The van der Waals surface area contributed by atoms with E-state index in [1.165, 1.54) is 12.8 Å². The highest BCUT2D eigenvalue weighted by Crippen LogP contribution is 2.34. The van der Waals surface area contributed by atoms with Crippen molar-refractivity contribution in [2.75, 3.05) is 35.6 Å². The molecule has 14 heteroatoms. The van der Waals surface area contributed by atoms with Gasteiger partial charge in [-0.05, 0) is 82.6 Å². The summed E-state index contributed by atoms with van der Waals surface area (Å²) in [5.74, 6) is 2.18. The first-order chi connectivity index (χ1) is 20.5. The zero-order chi connectivity index (χ0) is 28.9. The number of ether oxygens (including phenoxy) is 1. The molecule has 5 N–H and O–H groups in total. The van der Waals surface area contributed by atoms with E-state index in [-0.39, 0.29) is 30.9 Å². The van der Waals surface area contributed by atoms with Crippen LogP contribution in [0.3, 0.4) is 0 Å². The summed E-state index contributed by atoms with van der Waals surface area (Å²) in [5.41, 5.74) is 8.49. The first kappa shape index (κ1) is 33.8. The number of nitrogens with two attached hydrogens (primary N) is 1. The monoisotopic (exact) mass is 649 g/mol. The van der Waals surface area contributed by atoms with Crippen LogP contribution in [0.5, 0.6) is 5.75 Å². The van der Waals surface area contributed by atoms with Crippen LogP contribution in [0.2, 0.25) is 0 Å². The van der Waals surface area contributed by atoms with Crippen molar-refractivity contribution in [3.63, 3.8) is 0 Å². The number of hydroxylamine groups is 2. The Bertz CT molecular complexity index is 1340. The van der Waals surface area contributed by atoms with Gasteiger partial charge in [0.15, 0.2) is 17.0 Å². The van der Waals surface area contributed by atoms with Crippen molar-refractivity contribution in [1.82, 2.24) is 24.6 Å². The number of amides is 1. The number of anilines is 3. The lowest BCUT2D eigenvalue weighted by Crippen LogP contribution is -2.41. The fraction of sp³-hybridized carbons (Fsp3) is 0.600. The third-order valence-corrected chi connectivity index (χ3v) is 8.66. The molecule has 1 saturated heterocycles. The van der Waals surface area contributed by atoms with Crippen LogP contribution in [0.1, 0.15) is 77.2 Å². The lowest BCUT2D eigenvalue weighted by molar-refractivity contribution is -0.106. The van der Waals surface area contributed by atoms with Crippen LogP contribution in [0.25, 0.3) is 11.2 Å². The first-order valence-electron chi connectivity index (χ1n) is 15.5. The maximum atomic E-state index is 12.5. The van der Waals surface area contributed by atoms with Crippen LogP contribution in [-0.2, 0) is 4.84 Å². The smallest absolute Gasteiger partial charge is 0.430 e. The standard InChI is InChI=1S/C30H43N9O3.2ClH/c1-2-41-25-13-11-22(12-14-25)35-30(40)42-38-17-15-23(16-18-38)33-27-26-28(39(19-32-26)24-5-3-4-6-24)37-29(36-27)34-21-9-7-20(31)8-10-21;;/h11-14,19-21,23-24H,2-10,15-18,31H2,1H3,(H,35,40)(H2,33,34,36,37);2*1H/t20-,21-;;. The molecule has 6 rings (SSSR count). The molecule has 1 amide bonds. The predicted molar refractivity (Wildman–Crippen MR) is 177 cm³/mol. The Balaban J connectivity index is 0.00000221. The summed E-state index contributed by atoms with van der Waals surface area (Å²) in [6, 6.07) is 8.47. The molecule has 44 heavy (non-hydrogen) atoms. The molecule has 0 radical (unpaired) electrons. The van der Waals surface area contributed by atoms with Gasteiger partial charge in [0.05, 0.1) is 12.9 Å². The fourth-order valence-corrected chi connectivity index (χ4v) is 6.32. The molecule has 12 nitrogen and oxygen atoms in total. The Morgan fingerprint density at radius 1 is 0.932 bits per heavy atom. The van der Waals surface area contributed by atoms with Gasteiger partial charge in [0, 0.05) is 42.9 Å². The van der Waals surface area contributed by atoms with Gasteiger partial charge in [0.2, 0.25) is 5.95 Å². The highest BCUT2D eigenvalue weighted by atomic mass is 35.5. The number of nitrogens with zero attached hydrogens (tertiary/aromatic N) is 5. The number of hydrogen-bond acceptors (Lipinski definition) is 10. The van der Waals surface area contributed by atoms with Crippen molar-refractivity contribution in [2.45, 2.75) is 95.3 Å². The molecule has 1 aromatic carbocycles. The zero-order valence-corrected chi connectivity index (χ0v) is 26.9. The van der Waals surface area contributed by atoms with Crippen molar-refractivity contribution >= 4 is 59.5 Å². The summed E-state index contributed by atoms with van der Waals surface area (Å²) in [7, 11) is 0. The fourth-order valence-electron chi connectivity index (χ4n) is 6.32.